The number of anilines is 1. The lowest BCUT2D eigenvalue weighted by molar-refractivity contribution is -0.122. The second kappa shape index (κ2) is 11.8. The summed E-state index contributed by atoms with van der Waals surface area (Å²) in [4.78, 5) is 30.9. The van der Waals surface area contributed by atoms with Crippen molar-refractivity contribution < 1.29 is 4.79 Å². The van der Waals surface area contributed by atoms with Crippen LogP contribution in [0, 0.1) is 18.3 Å². The van der Waals surface area contributed by atoms with Crippen LogP contribution in [0.25, 0.3) is 6.08 Å². The van der Waals surface area contributed by atoms with Gasteiger partial charge in [0, 0.05) is 31.7 Å². The van der Waals surface area contributed by atoms with Crippen molar-refractivity contribution in [2.24, 2.45) is 0 Å². The summed E-state index contributed by atoms with van der Waals surface area (Å²) in [5, 5.41) is 9.77. The Balaban J connectivity index is 2.07. The molecular weight excluding hydrogens is 452 g/mol. The molecule has 8 heteroatoms. The fourth-order valence-electron chi connectivity index (χ4n) is 4.46. The van der Waals surface area contributed by atoms with Gasteiger partial charge in [0.15, 0.2) is 0 Å². The number of aromatic nitrogens is 1. The van der Waals surface area contributed by atoms with Gasteiger partial charge in [-0.25, -0.2) is 0 Å². The molecule has 0 bridgehead atoms. The zero-order valence-electron chi connectivity index (χ0n) is 20.0. The van der Waals surface area contributed by atoms with Crippen LogP contribution < -0.4 is 10.5 Å². The molecular formula is C25H34N4O2S2. The molecule has 0 N–H and O–H groups in total. The number of nitrogens with zero attached hydrogens (tertiary/aromatic N) is 4. The van der Waals surface area contributed by atoms with Crippen LogP contribution in [0.1, 0.15) is 81.9 Å². The molecule has 2 fully saturated rings. The number of unbranched alkanes of at least 4 members (excludes halogenated alkanes) is 4. The van der Waals surface area contributed by atoms with E-state index in [1.54, 1.807) is 9.47 Å². The first-order chi connectivity index (χ1) is 15.9. The maximum atomic E-state index is 13.2. The summed E-state index contributed by atoms with van der Waals surface area (Å²) in [6.45, 7) is 9.02. The van der Waals surface area contributed by atoms with E-state index < -0.39 is 0 Å². The Morgan fingerprint density at radius 2 is 1.76 bits per heavy atom. The smallest absolute Gasteiger partial charge is 0.270 e. The first kappa shape index (κ1) is 25.5. The zero-order valence-corrected chi connectivity index (χ0v) is 21.6. The molecule has 0 unspecified atom stereocenters. The van der Waals surface area contributed by atoms with Crippen LogP contribution in [-0.2, 0) is 11.3 Å². The zero-order chi connectivity index (χ0) is 24.0. The second-order valence-electron chi connectivity index (χ2n) is 8.75. The number of nitriles is 1. The van der Waals surface area contributed by atoms with E-state index in [9.17, 15) is 14.9 Å². The van der Waals surface area contributed by atoms with Gasteiger partial charge in [0.2, 0.25) is 0 Å². The van der Waals surface area contributed by atoms with Gasteiger partial charge in [0.1, 0.15) is 21.8 Å². The predicted octanol–water partition coefficient (Wildman–Crippen LogP) is 5.21. The van der Waals surface area contributed by atoms with Crippen LogP contribution >= 0.6 is 24.0 Å². The van der Waals surface area contributed by atoms with Crippen molar-refractivity contribution in [1.29, 1.82) is 5.26 Å². The van der Waals surface area contributed by atoms with Crippen molar-refractivity contribution in [2.45, 2.75) is 78.7 Å². The van der Waals surface area contributed by atoms with Crippen LogP contribution in [0.3, 0.4) is 0 Å². The summed E-state index contributed by atoms with van der Waals surface area (Å²) < 4.78 is 2.35. The summed E-state index contributed by atoms with van der Waals surface area (Å²) in [5.41, 5.74) is 1.38. The molecule has 2 saturated heterocycles. The van der Waals surface area contributed by atoms with Crippen molar-refractivity contribution in [3.63, 3.8) is 0 Å². The highest BCUT2D eigenvalue weighted by Crippen LogP contribution is 2.36. The Hall–Kier alpha value is -2.11. The molecule has 1 aromatic rings. The van der Waals surface area contributed by atoms with E-state index in [0.717, 1.165) is 75.8 Å². The van der Waals surface area contributed by atoms with Crippen molar-refractivity contribution in [3.8, 4) is 6.07 Å². The number of pyridine rings is 1. The fourth-order valence-corrected chi connectivity index (χ4v) is 5.75. The molecule has 0 atom stereocenters. The number of thioether (sulfide) groups is 1. The molecule has 0 spiro atoms. The third kappa shape index (κ3) is 5.52. The Kier molecular flexibility index (Phi) is 9.16. The Labute approximate surface area is 206 Å². The average Bonchev–Trinajstić information content (AvgIpc) is 3.41. The molecule has 2 aliphatic rings. The largest absolute Gasteiger partial charge is 0.357 e. The molecule has 0 aromatic carbocycles. The van der Waals surface area contributed by atoms with Crippen molar-refractivity contribution in [1.82, 2.24) is 9.47 Å². The van der Waals surface area contributed by atoms with Crippen molar-refractivity contribution >= 4 is 46.1 Å². The van der Waals surface area contributed by atoms with Crippen LogP contribution in [0.4, 0.5) is 5.82 Å². The van der Waals surface area contributed by atoms with Crippen LogP contribution in [0.15, 0.2) is 9.70 Å². The fraction of sp³-hybridized carbons (Fsp3) is 0.600. The standard InChI is InChI=1S/C25H34N4O2S2/c1-4-6-8-9-15-29-24(31)21(33-25(29)32)16-19-18(3)20(17-26)23(30)28(14-7-5-2)22(19)27-12-10-11-13-27/h16H,4-15H2,1-3H3. The molecule has 178 valence electrons. The van der Waals surface area contributed by atoms with E-state index in [1.165, 1.54) is 11.8 Å². The van der Waals surface area contributed by atoms with E-state index in [4.69, 9.17) is 12.2 Å². The number of carbonyl (C=O) groups is 1. The monoisotopic (exact) mass is 486 g/mol. The number of hydrogen-bond acceptors (Lipinski definition) is 6. The SMILES string of the molecule is CCCCCCN1C(=O)C(=Cc2c(C)c(C#N)c(=O)n(CCCC)c2N2CCCC2)SC1=S. The maximum Gasteiger partial charge on any atom is 0.270 e. The van der Waals surface area contributed by atoms with Gasteiger partial charge in [-0.2, -0.15) is 5.26 Å². The third-order valence-corrected chi connectivity index (χ3v) is 7.75. The summed E-state index contributed by atoms with van der Waals surface area (Å²) in [6.07, 6.45) is 10.1. The third-order valence-electron chi connectivity index (χ3n) is 6.37. The highest BCUT2D eigenvalue weighted by Gasteiger charge is 2.33. The van der Waals surface area contributed by atoms with E-state index in [-0.39, 0.29) is 17.0 Å². The minimum absolute atomic E-state index is 0.0712. The van der Waals surface area contributed by atoms with E-state index >= 15 is 0 Å². The quantitative estimate of drug-likeness (QED) is 0.257. The van der Waals surface area contributed by atoms with Crippen LogP contribution in [0.2, 0.25) is 0 Å². The molecule has 0 radical (unpaired) electrons. The van der Waals surface area contributed by atoms with Crippen LogP contribution in [-0.4, -0.2) is 39.3 Å². The minimum atomic E-state index is -0.231. The van der Waals surface area contributed by atoms with E-state index in [2.05, 4.69) is 24.8 Å². The highest BCUT2D eigenvalue weighted by molar-refractivity contribution is 8.26. The molecule has 0 aliphatic carbocycles. The average molecular weight is 487 g/mol. The highest BCUT2D eigenvalue weighted by atomic mass is 32.2. The minimum Gasteiger partial charge on any atom is -0.357 e. The molecule has 6 nitrogen and oxygen atoms in total. The van der Waals surface area contributed by atoms with Crippen molar-refractivity contribution in [2.75, 3.05) is 24.5 Å². The van der Waals surface area contributed by atoms with Gasteiger partial charge in [0.25, 0.3) is 11.5 Å². The summed E-state index contributed by atoms with van der Waals surface area (Å²) >= 11 is 6.85. The maximum absolute atomic E-state index is 13.2. The van der Waals surface area contributed by atoms with Gasteiger partial charge in [0.05, 0.1) is 4.91 Å². The van der Waals surface area contributed by atoms with Gasteiger partial charge in [-0.15, -0.1) is 0 Å². The summed E-state index contributed by atoms with van der Waals surface area (Å²) in [7, 11) is 0. The van der Waals surface area contributed by atoms with Crippen molar-refractivity contribution in [3.05, 3.63) is 31.9 Å². The van der Waals surface area contributed by atoms with Gasteiger partial charge in [-0.1, -0.05) is 63.5 Å². The summed E-state index contributed by atoms with van der Waals surface area (Å²) in [5.74, 6) is 0.772. The molecule has 3 rings (SSSR count). The van der Waals surface area contributed by atoms with Crippen LogP contribution in [0.5, 0.6) is 0 Å². The van der Waals surface area contributed by atoms with E-state index in [0.29, 0.717) is 27.9 Å². The molecule has 2 aliphatic heterocycles. The van der Waals surface area contributed by atoms with E-state index in [1.807, 2.05) is 13.0 Å². The number of amides is 1. The van der Waals surface area contributed by atoms with Gasteiger partial charge >= 0.3 is 0 Å². The molecule has 3 heterocycles. The first-order valence-electron chi connectivity index (χ1n) is 12.1. The Bertz CT molecular complexity index is 1030. The number of rotatable bonds is 10. The Morgan fingerprint density at radius 3 is 2.39 bits per heavy atom. The molecule has 0 saturated carbocycles. The number of hydrogen-bond donors (Lipinski definition) is 0. The second-order valence-corrected chi connectivity index (χ2v) is 10.4. The van der Waals surface area contributed by atoms with Gasteiger partial charge in [-0.3, -0.25) is 19.1 Å². The molecule has 1 aromatic heterocycles. The lowest BCUT2D eigenvalue weighted by atomic mass is 10.0. The topological polar surface area (TPSA) is 69.3 Å². The summed E-state index contributed by atoms with van der Waals surface area (Å²) in [6, 6.07) is 2.12. The molecule has 1 amide bonds. The Morgan fingerprint density at radius 1 is 1.06 bits per heavy atom. The normalized spacial score (nSPS) is 17.5. The van der Waals surface area contributed by atoms with Gasteiger partial charge < -0.3 is 4.90 Å². The van der Waals surface area contributed by atoms with Gasteiger partial charge in [-0.05, 0) is 44.2 Å². The first-order valence-corrected chi connectivity index (χ1v) is 13.3. The number of thiocarbonyl (C=S) groups is 1. The predicted molar refractivity (Wildman–Crippen MR) is 141 cm³/mol. The molecule has 33 heavy (non-hydrogen) atoms. The lowest BCUT2D eigenvalue weighted by Crippen LogP contribution is -2.33. The lowest BCUT2D eigenvalue weighted by Gasteiger charge is -2.27. The number of carbonyl (C=O) groups excluding carboxylic acids is 1.